The molecular weight excluding hydrogens is 238 g/mol. The molecule has 5 heteroatoms. The molecule has 2 nitrogen and oxygen atoms in total. The van der Waals surface area contributed by atoms with Crippen LogP contribution in [0.4, 0.5) is 8.78 Å². The SMILES string of the molecule is CCOc1cc(Cl)c(C(C)=O)c(C(F)F)c1. The number of hydrogen-bond acceptors (Lipinski definition) is 2. The third-order valence-corrected chi connectivity index (χ3v) is 2.29. The summed E-state index contributed by atoms with van der Waals surface area (Å²) >= 11 is 5.78. The number of alkyl halides is 2. The summed E-state index contributed by atoms with van der Waals surface area (Å²) in [6.45, 7) is 3.28. The molecular formula is C11H11ClF2O2. The predicted octanol–water partition coefficient (Wildman–Crippen LogP) is 3.88. The van der Waals surface area contributed by atoms with Crippen molar-refractivity contribution in [3.05, 3.63) is 28.3 Å². The van der Waals surface area contributed by atoms with Crippen LogP contribution in [0.5, 0.6) is 5.75 Å². The fourth-order valence-electron chi connectivity index (χ4n) is 1.40. The number of ether oxygens (including phenoxy) is 1. The van der Waals surface area contributed by atoms with Gasteiger partial charge in [0, 0.05) is 11.1 Å². The van der Waals surface area contributed by atoms with Gasteiger partial charge in [-0.25, -0.2) is 8.78 Å². The third-order valence-electron chi connectivity index (χ3n) is 1.99. The maximum atomic E-state index is 12.7. The van der Waals surface area contributed by atoms with Gasteiger partial charge in [-0.3, -0.25) is 4.79 Å². The first-order valence-electron chi connectivity index (χ1n) is 4.72. The van der Waals surface area contributed by atoms with Crippen molar-refractivity contribution >= 4 is 17.4 Å². The number of Topliss-reactive ketones (excluding diaryl/α,β-unsaturated/α-hetero) is 1. The first-order valence-corrected chi connectivity index (χ1v) is 5.10. The van der Waals surface area contributed by atoms with E-state index in [4.69, 9.17) is 16.3 Å². The highest BCUT2D eigenvalue weighted by molar-refractivity contribution is 6.34. The van der Waals surface area contributed by atoms with E-state index in [1.165, 1.54) is 13.0 Å². The van der Waals surface area contributed by atoms with Crippen LogP contribution in [0, 0.1) is 0 Å². The van der Waals surface area contributed by atoms with Gasteiger partial charge in [0.05, 0.1) is 11.6 Å². The van der Waals surface area contributed by atoms with Crippen LogP contribution in [0.25, 0.3) is 0 Å². The molecule has 0 saturated heterocycles. The standard InChI is InChI=1S/C11H11ClF2O2/c1-3-16-7-4-8(11(13)14)10(6(2)15)9(12)5-7/h4-5,11H,3H2,1-2H3. The number of carbonyl (C=O) groups excluding carboxylic acids is 1. The van der Waals surface area contributed by atoms with Crippen molar-refractivity contribution in [3.63, 3.8) is 0 Å². The summed E-state index contributed by atoms with van der Waals surface area (Å²) in [6, 6.07) is 2.52. The average Bonchev–Trinajstić information content (AvgIpc) is 2.16. The summed E-state index contributed by atoms with van der Waals surface area (Å²) < 4.78 is 30.5. The summed E-state index contributed by atoms with van der Waals surface area (Å²) in [5.41, 5.74) is -0.524. The average molecular weight is 249 g/mol. The zero-order valence-electron chi connectivity index (χ0n) is 8.89. The van der Waals surface area contributed by atoms with Gasteiger partial charge in [-0.15, -0.1) is 0 Å². The lowest BCUT2D eigenvalue weighted by Gasteiger charge is -2.11. The van der Waals surface area contributed by atoms with E-state index in [0.29, 0.717) is 6.61 Å². The number of benzene rings is 1. The van der Waals surface area contributed by atoms with Crippen LogP contribution in [-0.4, -0.2) is 12.4 Å². The van der Waals surface area contributed by atoms with Gasteiger partial charge in [-0.2, -0.15) is 0 Å². The molecule has 0 unspecified atom stereocenters. The highest BCUT2D eigenvalue weighted by atomic mass is 35.5. The van der Waals surface area contributed by atoms with Crippen molar-refractivity contribution in [2.24, 2.45) is 0 Å². The lowest BCUT2D eigenvalue weighted by molar-refractivity contribution is 0.0999. The third kappa shape index (κ3) is 2.70. The fourth-order valence-corrected chi connectivity index (χ4v) is 1.75. The summed E-state index contributed by atoms with van der Waals surface area (Å²) in [5.74, 6) is -0.240. The van der Waals surface area contributed by atoms with Crippen LogP contribution >= 0.6 is 11.6 Å². The maximum Gasteiger partial charge on any atom is 0.264 e. The van der Waals surface area contributed by atoms with E-state index >= 15 is 0 Å². The molecule has 0 fully saturated rings. The summed E-state index contributed by atoms with van der Waals surface area (Å²) in [5, 5.41) is -0.00579. The van der Waals surface area contributed by atoms with Crippen LogP contribution in [0.2, 0.25) is 5.02 Å². The zero-order chi connectivity index (χ0) is 12.3. The Balaban J connectivity index is 3.33. The molecule has 0 bridgehead atoms. The molecule has 0 heterocycles. The smallest absolute Gasteiger partial charge is 0.264 e. The largest absolute Gasteiger partial charge is 0.494 e. The molecule has 0 N–H and O–H groups in total. The second-order valence-electron chi connectivity index (χ2n) is 3.16. The Hall–Kier alpha value is -1.16. The molecule has 16 heavy (non-hydrogen) atoms. The van der Waals surface area contributed by atoms with E-state index in [-0.39, 0.29) is 21.9 Å². The normalized spacial score (nSPS) is 10.6. The molecule has 1 rings (SSSR count). The van der Waals surface area contributed by atoms with Crippen molar-refractivity contribution in [1.82, 2.24) is 0 Å². The first kappa shape index (κ1) is 12.9. The maximum absolute atomic E-state index is 12.7. The Morgan fingerprint density at radius 2 is 2.12 bits per heavy atom. The van der Waals surface area contributed by atoms with Crippen molar-refractivity contribution in [2.45, 2.75) is 20.3 Å². The Morgan fingerprint density at radius 1 is 1.50 bits per heavy atom. The Kier molecular flexibility index (Phi) is 4.24. The van der Waals surface area contributed by atoms with Gasteiger partial charge in [0.1, 0.15) is 5.75 Å². The Bertz CT molecular complexity index is 405. The van der Waals surface area contributed by atoms with Crippen LogP contribution < -0.4 is 4.74 Å². The highest BCUT2D eigenvalue weighted by Gasteiger charge is 2.20. The summed E-state index contributed by atoms with van der Waals surface area (Å²) in [4.78, 5) is 11.2. The van der Waals surface area contributed by atoms with Crippen LogP contribution in [0.1, 0.15) is 36.2 Å². The van der Waals surface area contributed by atoms with E-state index in [2.05, 4.69) is 0 Å². The molecule has 0 atom stereocenters. The first-order chi connectivity index (χ1) is 7.47. The molecule has 88 valence electrons. The number of hydrogen-bond donors (Lipinski definition) is 0. The minimum Gasteiger partial charge on any atom is -0.494 e. The Labute approximate surface area is 97.2 Å². The predicted molar refractivity (Wildman–Crippen MR) is 57.6 cm³/mol. The number of ketones is 1. The van der Waals surface area contributed by atoms with Crippen molar-refractivity contribution in [1.29, 1.82) is 0 Å². The van der Waals surface area contributed by atoms with E-state index in [1.807, 2.05) is 0 Å². The van der Waals surface area contributed by atoms with Gasteiger partial charge in [0.25, 0.3) is 6.43 Å². The minimum absolute atomic E-state index is 0.00579. The van der Waals surface area contributed by atoms with E-state index in [1.54, 1.807) is 6.92 Å². The summed E-state index contributed by atoms with van der Waals surface area (Å²) in [7, 11) is 0. The second-order valence-corrected chi connectivity index (χ2v) is 3.57. The molecule has 0 aliphatic carbocycles. The lowest BCUT2D eigenvalue weighted by Crippen LogP contribution is -2.03. The molecule has 0 aromatic heterocycles. The quantitative estimate of drug-likeness (QED) is 0.756. The van der Waals surface area contributed by atoms with Crippen LogP contribution in [0.3, 0.4) is 0 Å². The van der Waals surface area contributed by atoms with Gasteiger partial charge >= 0.3 is 0 Å². The van der Waals surface area contributed by atoms with E-state index in [9.17, 15) is 13.6 Å². The molecule has 0 amide bonds. The monoisotopic (exact) mass is 248 g/mol. The molecule has 1 aromatic carbocycles. The fraction of sp³-hybridized carbons (Fsp3) is 0.364. The van der Waals surface area contributed by atoms with E-state index in [0.717, 1.165) is 6.07 Å². The van der Waals surface area contributed by atoms with Gasteiger partial charge in [0.2, 0.25) is 0 Å². The molecule has 0 saturated carbocycles. The van der Waals surface area contributed by atoms with Crippen molar-refractivity contribution in [3.8, 4) is 5.75 Å². The molecule has 0 aliphatic rings. The minimum atomic E-state index is -2.75. The van der Waals surface area contributed by atoms with Crippen LogP contribution in [-0.2, 0) is 0 Å². The van der Waals surface area contributed by atoms with Gasteiger partial charge < -0.3 is 4.74 Å². The van der Waals surface area contributed by atoms with Gasteiger partial charge in [-0.1, -0.05) is 11.6 Å². The number of halogens is 3. The highest BCUT2D eigenvalue weighted by Crippen LogP contribution is 2.33. The molecule has 0 spiro atoms. The topological polar surface area (TPSA) is 26.3 Å². The molecule has 0 aliphatic heterocycles. The lowest BCUT2D eigenvalue weighted by atomic mass is 10.0. The van der Waals surface area contributed by atoms with Crippen molar-refractivity contribution in [2.75, 3.05) is 6.61 Å². The van der Waals surface area contributed by atoms with Gasteiger partial charge in [0.15, 0.2) is 5.78 Å². The van der Waals surface area contributed by atoms with Gasteiger partial charge in [-0.05, 0) is 26.0 Å². The number of rotatable bonds is 4. The number of carbonyl (C=O) groups is 1. The van der Waals surface area contributed by atoms with Crippen LogP contribution in [0.15, 0.2) is 12.1 Å². The second kappa shape index (κ2) is 5.25. The zero-order valence-corrected chi connectivity index (χ0v) is 9.65. The van der Waals surface area contributed by atoms with Crippen molar-refractivity contribution < 1.29 is 18.3 Å². The van der Waals surface area contributed by atoms with E-state index < -0.39 is 12.2 Å². The Morgan fingerprint density at radius 3 is 2.56 bits per heavy atom. The summed E-state index contributed by atoms with van der Waals surface area (Å²) in [6.07, 6.45) is -2.75. The molecule has 1 aromatic rings. The molecule has 0 radical (unpaired) electrons.